The summed E-state index contributed by atoms with van der Waals surface area (Å²) in [5.41, 5.74) is 2.30. The summed E-state index contributed by atoms with van der Waals surface area (Å²) in [6.45, 7) is 2.90. The molecule has 0 bridgehead atoms. The van der Waals surface area contributed by atoms with Gasteiger partial charge in [0.2, 0.25) is 0 Å². The fourth-order valence-corrected chi connectivity index (χ4v) is 1.25. The average Bonchev–Trinajstić information content (AvgIpc) is 2.62. The highest BCUT2D eigenvalue weighted by atomic mass is 14.9. The predicted octanol–water partition coefficient (Wildman–Crippen LogP) is 2.24. The van der Waals surface area contributed by atoms with E-state index in [1.54, 1.807) is 0 Å². The molecule has 0 fully saturated rings. The molecule has 0 atom stereocenters. The van der Waals surface area contributed by atoms with Gasteiger partial charge in [-0.15, -0.1) is 0 Å². The number of aryl methyl sites for hydroxylation is 1. The highest BCUT2D eigenvalue weighted by molar-refractivity contribution is 5.12. The summed E-state index contributed by atoms with van der Waals surface area (Å²) in [5, 5.41) is 0. The van der Waals surface area contributed by atoms with Gasteiger partial charge in [0.1, 0.15) is 0 Å². The van der Waals surface area contributed by atoms with E-state index in [4.69, 9.17) is 0 Å². The van der Waals surface area contributed by atoms with Crippen LogP contribution in [0, 0.1) is 6.92 Å². The quantitative estimate of drug-likeness (QED) is 0.679. The maximum Gasteiger partial charge on any atom is 0.0642 e. The van der Waals surface area contributed by atoms with Gasteiger partial charge in [0.05, 0.1) is 12.2 Å². The van der Waals surface area contributed by atoms with Crippen LogP contribution in [-0.4, -0.2) is 9.55 Å². The number of hydrogen-bond donors (Lipinski definition) is 0. The Morgan fingerprint density at radius 3 is 2.62 bits per heavy atom. The van der Waals surface area contributed by atoms with Crippen molar-refractivity contribution in [2.75, 3.05) is 0 Å². The molecule has 0 saturated heterocycles. The molecule has 0 aliphatic carbocycles. The van der Waals surface area contributed by atoms with Gasteiger partial charge in [-0.3, -0.25) is 4.98 Å². The van der Waals surface area contributed by atoms with E-state index in [1.165, 1.54) is 5.56 Å². The Kier molecular flexibility index (Phi) is 2.13. The molecule has 0 radical (unpaired) electrons. The molecule has 2 aromatic heterocycles. The lowest BCUT2D eigenvalue weighted by Crippen LogP contribution is -1.98. The Bertz CT molecular complexity index is 359. The second kappa shape index (κ2) is 3.44. The smallest absolute Gasteiger partial charge is 0.0642 e. The Labute approximate surface area is 77.9 Å². The van der Waals surface area contributed by atoms with Gasteiger partial charge in [0.15, 0.2) is 0 Å². The molecular weight excluding hydrogens is 160 g/mol. The second-order valence-electron chi connectivity index (χ2n) is 3.18. The predicted molar refractivity (Wildman–Crippen MR) is 52.5 cm³/mol. The van der Waals surface area contributed by atoms with Crippen molar-refractivity contribution in [2.45, 2.75) is 13.5 Å². The Hall–Kier alpha value is -1.57. The summed E-state index contributed by atoms with van der Waals surface area (Å²) >= 11 is 0. The van der Waals surface area contributed by atoms with Crippen molar-refractivity contribution in [3.63, 3.8) is 0 Å². The number of nitrogens with zero attached hydrogens (tertiary/aromatic N) is 2. The zero-order chi connectivity index (χ0) is 9.10. The van der Waals surface area contributed by atoms with Crippen LogP contribution >= 0.6 is 0 Å². The van der Waals surface area contributed by atoms with E-state index in [0.717, 1.165) is 12.2 Å². The Balaban J connectivity index is 2.15. The molecular formula is C11H12N2. The summed E-state index contributed by atoms with van der Waals surface area (Å²) in [5.74, 6) is 0. The minimum atomic E-state index is 0.854. The van der Waals surface area contributed by atoms with Crippen molar-refractivity contribution >= 4 is 0 Å². The van der Waals surface area contributed by atoms with E-state index >= 15 is 0 Å². The van der Waals surface area contributed by atoms with Gasteiger partial charge in [0.25, 0.3) is 0 Å². The van der Waals surface area contributed by atoms with Gasteiger partial charge >= 0.3 is 0 Å². The molecule has 0 unspecified atom stereocenters. The van der Waals surface area contributed by atoms with Crippen molar-refractivity contribution in [1.82, 2.24) is 9.55 Å². The van der Waals surface area contributed by atoms with Crippen molar-refractivity contribution in [1.29, 1.82) is 0 Å². The van der Waals surface area contributed by atoms with Crippen LogP contribution in [0.4, 0.5) is 0 Å². The number of rotatable bonds is 2. The lowest BCUT2D eigenvalue weighted by molar-refractivity contribution is 0.780. The maximum atomic E-state index is 4.33. The molecule has 13 heavy (non-hydrogen) atoms. The zero-order valence-electron chi connectivity index (χ0n) is 7.64. The normalized spacial score (nSPS) is 10.2. The summed E-state index contributed by atoms with van der Waals surface area (Å²) in [4.78, 5) is 4.33. The molecule has 0 saturated carbocycles. The topological polar surface area (TPSA) is 17.8 Å². The first kappa shape index (κ1) is 8.05. The molecule has 0 spiro atoms. The molecule has 0 N–H and O–H groups in total. The molecule has 2 rings (SSSR count). The van der Waals surface area contributed by atoms with Crippen LogP contribution in [0.25, 0.3) is 0 Å². The molecule has 2 heteroatoms. The first-order valence-electron chi connectivity index (χ1n) is 4.37. The van der Waals surface area contributed by atoms with Gasteiger partial charge in [0, 0.05) is 18.6 Å². The molecule has 0 aliphatic heterocycles. The standard InChI is InChI=1S/C11H12N2/c1-10-4-5-11(12-8-10)9-13-6-2-3-7-13/h2-8H,9H2,1H3. The molecule has 2 nitrogen and oxygen atoms in total. The maximum absolute atomic E-state index is 4.33. The lowest BCUT2D eigenvalue weighted by Gasteiger charge is -2.01. The van der Waals surface area contributed by atoms with Crippen LogP contribution in [0.2, 0.25) is 0 Å². The van der Waals surface area contributed by atoms with Crippen molar-refractivity contribution < 1.29 is 0 Å². The Morgan fingerprint density at radius 2 is 2.00 bits per heavy atom. The van der Waals surface area contributed by atoms with Gasteiger partial charge < -0.3 is 4.57 Å². The molecule has 0 aromatic carbocycles. The average molecular weight is 172 g/mol. The fourth-order valence-electron chi connectivity index (χ4n) is 1.25. The zero-order valence-corrected chi connectivity index (χ0v) is 7.64. The van der Waals surface area contributed by atoms with E-state index in [0.29, 0.717) is 0 Å². The number of hydrogen-bond acceptors (Lipinski definition) is 1. The first-order valence-corrected chi connectivity index (χ1v) is 4.37. The fraction of sp³-hybridized carbons (Fsp3) is 0.182. The lowest BCUT2D eigenvalue weighted by atomic mass is 10.3. The summed E-state index contributed by atoms with van der Waals surface area (Å²) in [6, 6.07) is 8.20. The largest absolute Gasteiger partial charge is 0.348 e. The summed E-state index contributed by atoms with van der Waals surface area (Å²) < 4.78 is 2.11. The van der Waals surface area contributed by atoms with E-state index < -0.39 is 0 Å². The molecule has 0 aliphatic rings. The third kappa shape index (κ3) is 1.96. The van der Waals surface area contributed by atoms with Crippen LogP contribution in [-0.2, 0) is 6.54 Å². The van der Waals surface area contributed by atoms with Crippen molar-refractivity contribution in [3.05, 3.63) is 54.1 Å². The van der Waals surface area contributed by atoms with Gasteiger partial charge in [-0.25, -0.2) is 0 Å². The van der Waals surface area contributed by atoms with Crippen LogP contribution in [0.5, 0.6) is 0 Å². The SMILES string of the molecule is Cc1ccc(Cn2cccc2)nc1. The van der Waals surface area contributed by atoms with Crippen molar-refractivity contribution in [3.8, 4) is 0 Å². The summed E-state index contributed by atoms with van der Waals surface area (Å²) in [6.07, 6.45) is 5.99. The van der Waals surface area contributed by atoms with Crippen molar-refractivity contribution in [2.24, 2.45) is 0 Å². The summed E-state index contributed by atoms with van der Waals surface area (Å²) in [7, 11) is 0. The highest BCUT2D eigenvalue weighted by Crippen LogP contribution is 2.01. The minimum Gasteiger partial charge on any atom is -0.348 e. The molecule has 2 heterocycles. The molecule has 2 aromatic rings. The third-order valence-corrected chi connectivity index (χ3v) is 1.98. The first-order chi connectivity index (χ1) is 6.34. The second-order valence-corrected chi connectivity index (χ2v) is 3.18. The molecule has 66 valence electrons. The minimum absolute atomic E-state index is 0.854. The van der Waals surface area contributed by atoms with E-state index in [1.807, 2.05) is 37.6 Å². The van der Waals surface area contributed by atoms with Gasteiger partial charge in [-0.05, 0) is 30.7 Å². The van der Waals surface area contributed by atoms with E-state index in [2.05, 4.69) is 21.7 Å². The number of pyridine rings is 1. The van der Waals surface area contributed by atoms with Crippen LogP contribution in [0.15, 0.2) is 42.9 Å². The van der Waals surface area contributed by atoms with Crippen LogP contribution in [0.1, 0.15) is 11.3 Å². The highest BCUT2D eigenvalue weighted by Gasteiger charge is 1.93. The number of aromatic nitrogens is 2. The van der Waals surface area contributed by atoms with E-state index in [-0.39, 0.29) is 0 Å². The van der Waals surface area contributed by atoms with E-state index in [9.17, 15) is 0 Å². The van der Waals surface area contributed by atoms with Crippen LogP contribution in [0.3, 0.4) is 0 Å². The third-order valence-electron chi connectivity index (χ3n) is 1.98. The van der Waals surface area contributed by atoms with Gasteiger partial charge in [-0.2, -0.15) is 0 Å². The molecule has 0 amide bonds. The monoisotopic (exact) mass is 172 g/mol. The van der Waals surface area contributed by atoms with Crippen LogP contribution < -0.4 is 0 Å². The Morgan fingerprint density at radius 1 is 1.23 bits per heavy atom. The van der Waals surface area contributed by atoms with Gasteiger partial charge in [-0.1, -0.05) is 6.07 Å².